The second-order valence-electron chi connectivity index (χ2n) is 4.96. The number of hydrogen-bond acceptors (Lipinski definition) is 6. The van der Waals surface area contributed by atoms with Gasteiger partial charge in [0.2, 0.25) is 12.6 Å². The molecule has 0 fully saturated rings. The number of amides is 1. The smallest absolute Gasteiger partial charge is 0.374 e. The van der Waals surface area contributed by atoms with Crippen LogP contribution in [0.25, 0.3) is 0 Å². The molecule has 1 aromatic carbocycles. The van der Waals surface area contributed by atoms with Crippen molar-refractivity contribution in [1.82, 2.24) is 5.32 Å². The topological polar surface area (TPSA) is 87.0 Å². The van der Waals surface area contributed by atoms with Gasteiger partial charge in [-0.3, -0.25) is 4.79 Å². The Morgan fingerprint density at radius 2 is 2.09 bits per heavy atom. The van der Waals surface area contributed by atoms with Crippen LogP contribution in [0.3, 0.4) is 0 Å². The zero-order valence-electron chi connectivity index (χ0n) is 12.4. The van der Waals surface area contributed by atoms with E-state index in [1.807, 2.05) is 19.1 Å². The van der Waals surface area contributed by atoms with E-state index in [0.29, 0.717) is 11.5 Å². The fourth-order valence-corrected chi connectivity index (χ4v) is 2.15. The first-order valence-electron chi connectivity index (χ1n) is 7.03. The Bertz CT molecular complexity index is 709. The van der Waals surface area contributed by atoms with Crippen LogP contribution >= 0.6 is 0 Å². The molecule has 2 aromatic rings. The van der Waals surface area contributed by atoms with Crippen LogP contribution in [-0.2, 0) is 9.53 Å². The highest BCUT2D eigenvalue weighted by Gasteiger charge is 2.18. The summed E-state index contributed by atoms with van der Waals surface area (Å²) in [5, 5.41) is 2.74. The van der Waals surface area contributed by atoms with Crippen molar-refractivity contribution in [2.24, 2.45) is 0 Å². The largest absolute Gasteiger partial charge is 0.457 e. The maximum Gasteiger partial charge on any atom is 0.374 e. The summed E-state index contributed by atoms with van der Waals surface area (Å²) in [7, 11) is 0. The number of carbonyl (C=O) groups excluding carboxylic acids is 2. The summed E-state index contributed by atoms with van der Waals surface area (Å²) in [6, 6.07) is 8.21. The molecule has 1 N–H and O–H groups in total. The van der Waals surface area contributed by atoms with Crippen LogP contribution in [0.2, 0.25) is 0 Å². The molecule has 0 unspecified atom stereocenters. The molecule has 1 aliphatic heterocycles. The van der Waals surface area contributed by atoms with Gasteiger partial charge in [-0.2, -0.15) is 0 Å². The van der Waals surface area contributed by atoms with Crippen molar-refractivity contribution in [3.63, 3.8) is 0 Å². The molecule has 0 spiro atoms. The predicted molar refractivity (Wildman–Crippen MR) is 78.1 cm³/mol. The van der Waals surface area contributed by atoms with Crippen molar-refractivity contribution in [3.05, 3.63) is 47.9 Å². The number of carbonyl (C=O) groups is 2. The van der Waals surface area contributed by atoms with Crippen molar-refractivity contribution in [1.29, 1.82) is 0 Å². The van der Waals surface area contributed by atoms with Crippen molar-refractivity contribution in [2.75, 3.05) is 13.4 Å². The van der Waals surface area contributed by atoms with Crippen molar-refractivity contribution >= 4 is 11.9 Å². The molecule has 1 atom stereocenters. The third-order valence-corrected chi connectivity index (χ3v) is 3.33. The van der Waals surface area contributed by atoms with Crippen LogP contribution in [0, 0.1) is 0 Å². The Labute approximate surface area is 132 Å². The second kappa shape index (κ2) is 6.43. The van der Waals surface area contributed by atoms with Gasteiger partial charge in [-0.1, -0.05) is 6.07 Å². The van der Waals surface area contributed by atoms with Gasteiger partial charge in [0.1, 0.15) is 0 Å². The van der Waals surface area contributed by atoms with Gasteiger partial charge in [0.05, 0.1) is 12.3 Å². The first-order valence-corrected chi connectivity index (χ1v) is 7.03. The number of hydrogen-bond donors (Lipinski definition) is 1. The zero-order valence-corrected chi connectivity index (χ0v) is 12.4. The minimum Gasteiger partial charge on any atom is -0.457 e. The molecule has 0 saturated heterocycles. The molecular weight excluding hydrogens is 302 g/mol. The average Bonchev–Trinajstić information content (AvgIpc) is 3.22. The lowest BCUT2D eigenvalue weighted by Crippen LogP contribution is -2.31. The third-order valence-electron chi connectivity index (χ3n) is 3.33. The Kier molecular flexibility index (Phi) is 4.18. The minimum absolute atomic E-state index is 0.0571. The lowest BCUT2D eigenvalue weighted by Gasteiger charge is -2.14. The average molecular weight is 317 g/mol. The molecule has 0 radical (unpaired) electrons. The molecule has 3 rings (SSSR count). The fourth-order valence-electron chi connectivity index (χ4n) is 2.15. The van der Waals surface area contributed by atoms with E-state index in [0.717, 1.165) is 5.56 Å². The number of furan rings is 1. The monoisotopic (exact) mass is 317 g/mol. The Morgan fingerprint density at radius 3 is 2.87 bits per heavy atom. The molecule has 1 aromatic heterocycles. The van der Waals surface area contributed by atoms with Crippen molar-refractivity contribution in [3.8, 4) is 11.5 Å². The Hall–Kier alpha value is -2.96. The number of rotatable bonds is 5. The number of ether oxygens (including phenoxy) is 3. The molecule has 7 heteroatoms. The molecule has 23 heavy (non-hydrogen) atoms. The van der Waals surface area contributed by atoms with Crippen LogP contribution in [0.1, 0.15) is 29.1 Å². The number of fused-ring (bicyclic) bond motifs is 1. The normalized spacial score (nSPS) is 13.4. The second-order valence-corrected chi connectivity index (χ2v) is 4.96. The highest BCUT2D eigenvalue weighted by Crippen LogP contribution is 2.34. The van der Waals surface area contributed by atoms with Gasteiger partial charge in [0, 0.05) is 0 Å². The molecule has 1 amide bonds. The quantitative estimate of drug-likeness (QED) is 0.849. The first-order chi connectivity index (χ1) is 11.1. The van der Waals surface area contributed by atoms with E-state index in [-0.39, 0.29) is 25.2 Å². The molecule has 0 bridgehead atoms. The lowest BCUT2D eigenvalue weighted by molar-refractivity contribution is -0.124. The third kappa shape index (κ3) is 3.45. The van der Waals surface area contributed by atoms with E-state index in [4.69, 9.17) is 18.6 Å². The molecular formula is C16H15NO6. The van der Waals surface area contributed by atoms with Gasteiger partial charge in [-0.15, -0.1) is 0 Å². The first kappa shape index (κ1) is 15.0. The summed E-state index contributed by atoms with van der Waals surface area (Å²) in [6.45, 7) is 1.64. The number of esters is 1. The molecule has 0 aliphatic carbocycles. The number of nitrogens with one attached hydrogen (secondary N) is 1. The molecule has 7 nitrogen and oxygen atoms in total. The van der Waals surface area contributed by atoms with Crippen LogP contribution in [-0.4, -0.2) is 25.3 Å². The van der Waals surface area contributed by atoms with Crippen molar-refractivity contribution < 1.29 is 28.2 Å². The van der Waals surface area contributed by atoms with Crippen LogP contribution in [0.4, 0.5) is 0 Å². The van der Waals surface area contributed by atoms with Crippen molar-refractivity contribution in [2.45, 2.75) is 13.0 Å². The summed E-state index contributed by atoms with van der Waals surface area (Å²) >= 11 is 0. The van der Waals surface area contributed by atoms with Gasteiger partial charge < -0.3 is 23.9 Å². The maximum atomic E-state index is 11.9. The minimum atomic E-state index is -0.680. The molecule has 1 aliphatic rings. The zero-order chi connectivity index (χ0) is 16.2. The van der Waals surface area contributed by atoms with E-state index in [1.54, 1.807) is 12.1 Å². The van der Waals surface area contributed by atoms with Crippen LogP contribution < -0.4 is 14.8 Å². The van der Waals surface area contributed by atoms with Gasteiger partial charge in [-0.05, 0) is 36.8 Å². The summed E-state index contributed by atoms with van der Waals surface area (Å²) in [4.78, 5) is 23.4. The van der Waals surface area contributed by atoms with Gasteiger partial charge in [0.25, 0.3) is 5.91 Å². The Morgan fingerprint density at radius 1 is 1.26 bits per heavy atom. The Balaban J connectivity index is 1.52. The van der Waals surface area contributed by atoms with Gasteiger partial charge >= 0.3 is 5.97 Å². The molecule has 2 heterocycles. The van der Waals surface area contributed by atoms with Gasteiger partial charge in [-0.25, -0.2) is 4.79 Å². The standard InChI is InChI=1S/C16H15NO6/c1-10(11-4-5-12-14(7-11)23-9-22-12)17-15(18)8-21-16(19)13-3-2-6-20-13/h2-7,10H,8-9H2,1H3,(H,17,18)/t10-/m0/s1. The van der Waals surface area contributed by atoms with E-state index in [9.17, 15) is 9.59 Å². The SMILES string of the molecule is C[C@H](NC(=O)COC(=O)c1ccco1)c1ccc2c(c1)OCO2. The van der Waals surface area contributed by atoms with Crippen LogP contribution in [0.15, 0.2) is 41.0 Å². The van der Waals surface area contributed by atoms with Gasteiger partial charge in [0.15, 0.2) is 18.1 Å². The molecule has 0 saturated carbocycles. The summed E-state index contributed by atoms with van der Waals surface area (Å²) in [6.07, 6.45) is 1.36. The van der Waals surface area contributed by atoms with Crippen LogP contribution in [0.5, 0.6) is 11.5 Å². The van der Waals surface area contributed by atoms with E-state index < -0.39 is 11.9 Å². The summed E-state index contributed by atoms with van der Waals surface area (Å²) in [5.41, 5.74) is 0.861. The molecule has 120 valence electrons. The highest BCUT2D eigenvalue weighted by atomic mass is 16.7. The predicted octanol–water partition coefficient (Wildman–Crippen LogP) is 2.04. The number of benzene rings is 1. The lowest BCUT2D eigenvalue weighted by atomic mass is 10.1. The maximum absolute atomic E-state index is 11.9. The fraction of sp³-hybridized carbons (Fsp3) is 0.250. The summed E-state index contributed by atoms with van der Waals surface area (Å²) in [5.74, 6) is 0.296. The van der Waals surface area contributed by atoms with E-state index >= 15 is 0 Å². The summed E-state index contributed by atoms with van der Waals surface area (Å²) < 4.78 is 20.3. The van der Waals surface area contributed by atoms with E-state index in [1.165, 1.54) is 12.3 Å². The highest BCUT2D eigenvalue weighted by molar-refractivity contribution is 5.88. The van der Waals surface area contributed by atoms with E-state index in [2.05, 4.69) is 5.32 Å².